The molecule has 10 heteroatoms. The predicted octanol–water partition coefficient (Wildman–Crippen LogP) is 9.80. The van der Waals surface area contributed by atoms with Crippen LogP contribution in [0.3, 0.4) is 0 Å². The van der Waals surface area contributed by atoms with Crippen LogP contribution in [0.25, 0.3) is 22.3 Å². The lowest BCUT2D eigenvalue weighted by Crippen LogP contribution is -2.27. The van der Waals surface area contributed by atoms with Crippen LogP contribution >= 0.6 is 0 Å². The number of benzene rings is 6. The van der Waals surface area contributed by atoms with Gasteiger partial charge in [0.05, 0.1) is 28.9 Å². The molecule has 2 atom stereocenters. The molecule has 6 aromatic carbocycles. The molecule has 4 N–H and O–H groups in total. The molecule has 0 saturated heterocycles. The first-order chi connectivity index (χ1) is 26.4. The second-order valence-corrected chi connectivity index (χ2v) is 13.3. The van der Waals surface area contributed by atoms with E-state index in [4.69, 9.17) is 10.4 Å². The largest absolute Gasteiger partial charge is 0.416 e. The zero-order chi connectivity index (χ0) is 39.6. The summed E-state index contributed by atoms with van der Waals surface area (Å²) >= 11 is 0. The van der Waals surface area contributed by atoms with Crippen molar-refractivity contribution in [1.82, 2.24) is 11.0 Å². The van der Waals surface area contributed by atoms with Crippen LogP contribution in [-0.2, 0) is 21.2 Å². The van der Waals surface area contributed by atoms with E-state index in [0.717, 1.165) is 39.9 Å². The van der Waals surface area contributed by atoms with Crippen molar-refractivity contribution in [1.29, 1.82) is 5.26 Å². The van der Waals surface area contributed by atoms with Crippen molar-refractivity contribution in [2.45, 2.75) is 37.3 Å². The predicted molar refractivity (Wildman–Crippen MR) is 204 cm³/mol. The molecular formula is C45H38F3N3O4. The summed E-state index contributed by atoms with van der Waals surface area (Å²) in [4.78, 5) is 24.4. The zero-order valence-electron chi connectivity index (χ0n) is 30.0. The molecule has 0 aromatic heterocycles. The first-order valence-electron chi connectivity index (χ1n) is 17.2. The van der Waals surface area contributed by atoms with Gasteiger partial charge in [0.25, 0.3) is 11.8 Å². The number of rotatable bonds is 9. The highest BCUT2D eigenvalue weighted by molar-refractivity contribution is 5.87. The van der Waals surface area contributed by atoms with Gasteiger partial charge < -0.3 is 0 Å². The minimum absolute atomic E-state index is 0.430. The molecule has 0 spiro atoms. The van der Waals surface area contributed by atoms with Crippen molar-refractivity contribution in [3.63, 3.8) is 0 Å². The number of alkyl halides is 3. The van der Waals surface area contributed by atoms with Crippen molar-refractivity contribution in [3.8, 4) is 28.3 Å². The number of nitriles is 1. The van der Waals surface area contributed by atoms with Gasteiger partial charge in [-0.3, -0.25) is 20.0 Å². The van der Waals surface area contributed by atoms with Crippen molar-refractivity contribution in [2.24, 2.45) is 0 Å². The highest BCUT2D eigenvalue weighted by atomic mass is 19.4. The number of amides is 2. The number of halogens is 3. The van der Waals surface area contributed by atoms with Crippen molar-refractivity contribution >= 4 is 11.8 Å². The fourth-order valence-electron chi connectivity index (χ4n) is 6.17. The SMILES string of the molecule is CC(C)(C#N)c1ccc(-c2ccc(C(C(=O)NO)c3ccccc3)cc2)cc1.O=C(NO)C(c1ccccc1)c1ccc(-c2cccc(C(F)(F)F)c2)cc1. The molecule has 2 amide bonds. The molecular weight excluding hydrogens is 704 g/mol. The second kappa shape index (κ2) is 17.5. The molecule has 0 bridgehead atoms. The molecule has 0 radical (unpaired) electrons. The van der Waals surface area contributed by atoms with E-state index in [0.29, 0.717) is 22.3 Å². The van der Waals surface area contributed by atoms with Gasteiger partial charge in [0.15, 0.2) is 0 Å². The Morgan fingerprint density at radius 1 is 0.527 bits per heavy atom. The second-order valence-electron chi connectivity index (χ2n) is 13.3. The molecule has 0 fully saturated rings. The van der Waals surface area contributed by atoms with Gasteiger partial charge >= 0.3 is 6.18 Å². The van der Waals surface area contributed by atoms with Crippen LogP contribution < -0.4 is 11.0 Å². The van der Waals surface area contributed by atoms with Crippen molar-refractivity contribution < 1.29 is 33.2 Å². The Bertz CT molecular complexity index is 2240. The van der Waals surface area contributed by atoms with E-state index < -0.39 is 40.8 Å². The van der Waals surface area contributed by atoms with E-state index in [1.807, 2.05) is 98.8 Å². The number of carbonyl (C=O) groups is 2. The molecule has 2 unspecified atom stereocenters. The van der Waals surface area contributed by atoms with Crippen LogP contribution in [0, 0.1) is 11.3 Å². The Hall–Kier alpha value is -6.54. The molecule has 0 aliphatic rings. The molecule has 278 valence electrons. The third-order valence-electron chi connectivity index (χ3n) is 9.24. The lowest BCUT2D eigenvalue weighted by molar-refractivity contribution is -0.137. The highest BCUT2D eigenvalue weighted by Crippen LogP contribution is 2.34. The fraction of sp³-hybridized carbons (Fsp3) is 0.133. The molecule has 0 aliphatic heterocycles. The van der Waals surface area contributed by atoms with Gasteiger partial charge in [-0.05, 0) is 76.1 Å². The molecule has 0 heterocycles. The Kier molecular flexibility index (Phi) is 12.6. The third kappa shape index (κ3) is 9.72. The minimum atomic E-state index is -4.41. The Balaban J connectivity index is 0.000000211. The average Bonchev–Trinajstić information content (AvgIpc) is 3.22. The topological polar surface area (TPSA) is 122 Å². The van der Waals surface area contributed by atoms with Crippen LogP contribution in [-0.4, -0.2) is 22.2 Å². The molecule has 7 nitrogen and oxygen atoms in total. The summed E-state index contributed by atoms with van der Waals surface area (Å²) in [5.41, 5.74) is 9.15. The first kappa shape index (κ1) is 39.7. The number of carbonyl (C=O) groups excluding carboxylic acids is 2. The van der Waals surface area contributed by atoms with Gasteiger partial charge in [-0.15, -0.1) is 0 Å². The monoisotopic (exact) mass is 741 g/mol. The molecule has 55 heavy (non-hydrogen) atoms. The van der Waals surface area contributed by atoms with Gasteiger partial charge in [-0.2, -0.15) is 18.4 Å². The Morgan fingerprint density at radius 2 is 0.909 bits per heavy atom. The number of hydrogen-bond acceptors (Lipinski definition) is 5. The van der Waals surface area contributed by atoms with Crippen LogP contribution in [0.1, 0.15) is 59.1 Å². The summed E-state index contributed by atoms with van der Waals surface area (Å²) in [7, 11) is 0. The minimum Gasteiger partial charge on any atom is -0.289 e. The number of hydrogen-bond donors (Lipinski definition) is 4. The number of hydroxylamine groups is 2. The third-order valence-corrected chi connectivity index (χ3v) is 9.24. The van der Waals surface area contributed by atoms with Crippen LogP contribution in [0.2, 0.25) is 0 Å². The zero-order valence-corrected chi connectivity index (χ0v) is 30.0. The van der Waals surface area contributed by atoms with Gasteiger partial charge in [0.1, 0.15) is 0 Å². The lowest BCUT2D eigenvalue weighted by Gasteiger charge is -2.17. The molecule has 0 saturated carbocycles. The maximum Gasteiger partial charge on any atom is 0.416 e. The van der Waals surface area contributed by atoms with Gasteiger partial charge in [-0.1, -0.05) is 146 Å². The summed E-state index contributed by atoms with van der Waals surface area (Å²) in [6, 6.07) is 47.9. The van der Waals surface area contributed by atoms with Gasteiger partial charge in [-0.25, -0.2) is 11.0 Å². The van der Waals surface area contributed by atoms with Crippen LogP contribution in [0.5, 0.6) is 0 Å². The van der Waals surface area contributed by atoms with E-state index >= 15 is 0 Å². The van der Waals surface area contributed by atoms with E-state index in [9.17, 15) is 28.0 Å². The Labute approximate surface area is 317 Å². The van der Waals surface area contributed by atoms with Crippen LogP contribution in [0.4, 0.5) is 13.2 Å². The van der Waals surface area contributed by atoms with E-state index in [2.05, 4.69) is 6.07 Å². The molecule has 0 aliphatic carbocycles. The summed E-state index contributed by atoms with van der Waals surface area (Å²) in [5.74, 6) is -2.37. The van der Waals surface area contributed by atoms with E-state index in [1.165, 1.54) is 6.07 Å². The lowest BCUT2D eigenvalue weighted by atomic mass is 9.85. The normalized spacial score (nSPS) is 12.3. The number of nitrogens with one attached hydrogen (secondary N) is 2. The van der Waals surface area contributed by atoms with E-state index in [-0.39, 0.29) is 0 Å². The standard InChI is InChI=1S/C24H22N2O2.C21H16F3NO2/c1-24(2,16-25)21-14-12-18(13-15-21)17-8-10-20(11-9-17)22(23(27)26-28)19-6-4-3-5-7-19;22-21(23,24)18-8-4-7-17(13-18)14-9-11-16(12-10-14)19(20(26)25-27)15-5-2-1-3-6-15/h3-15,22,28H,1-2H3,(H,26,27);1-13,19,27H,(H,25,26). The number of nitrogens with zero attached hydrogens (tertiary/aromatic N) is 1. The summed E-state index contributed by atoms with van der Waals surface area (Å²) in [6.45, 7) is 3.79. The average molecular weight is 742 g/mol. The van der Waals surface area contributed by atoms with Crippen LogP contribution in [0.15, 0.2) is 158 Å². The van der Waals surface area contributed by atoms with Gasteiger partial charge in [0, 0.05) is 0 Å². The summed E-state index contributed by atoms with van der Waals surface area (Å²) in [6.07, 6.45) is -4.41. The highest BCUT2D eigenvalue weighted by Gasteiger charge is 2.30. The maximum atomic E-state index is 12.9. The fourth-order valence-corrected chi connectivity index (χ4v) is 6.17. The summed E-state index contributed by atoms with van der Waals surface area (Å²) < 4.78 is 38.7. The molecule has 6 aromatic rings. The van der Waals surface area contributed by atoms with Gasteiger partial charge in [0.2, 0.25) is 0 Å². The first-order valence-corrected chi connectivity index (χ1v) is 17.2. The van der Waals surface area contributed by atoms with Crippen molar-refractivity contribution in [3.05, 3.63) is 191 Å². The Morgan fingerprint density at radius 3 is 1.29 bits per heavy atom. The smallest absolute Gasteiger partial charge is 0.289 e. The maximum absolute atomic E-state index is 12.9. The quantitative estimate of drug-likeness (QED) is 0.0869. The summed E-state index contributed by atoms with van der Waals surface area (Å²) in [5, 5.41) is 27.5. The molecule has 6 rings (SSSR count). The van der Waals surface area contributed by atoms with E-state index in [1.54, 1.807) is 65.6 Å². The van der Waals surface area contributed by atoms with Crippen molar-refractivity contribution in [2.75, 3.05) is 0 Å².